The van der Waals surface area contributed by atoms with Crippen molar-refractivity contribution in [3.05, 3.63) is 34.9 Å². The van der Waals surface area contributed by atoms with Crippen LogP contribution in [0.2, 0.25) is 0 Å². The molecule has 2 N–H and O–H groups in total. The molecule has 102 valence electrons. The number of aromatic nitrogens is 2. The predicted molar refractivity (Wildman–Crippen MR) is 73.5 cm³/mol. The maximum absolute atomic E-state index is 12.2. The van der Waals surface area contributed by atoms with E-state index >= 15 is 0 Å². The van der Waals surface area contributed by atoms with E-state index in [9.17, 15) is 4.79 Å². The highest BCUT2D eigenvalue weighted by Crippen LogP contribution is 2.22. The van der Waals surface area contributed by atoms with E-state index in [4.69, 9.17) is 4.42 Å². The summed E-state index contributed by atoms with van der Waals surface area (Å²) in [5.41, 5.74) is 2.90. The van der Waals surface area contributed by atoms with Crippen LogP contribution in [0.15, 0.2) is 16.7 Å². The Balaban J connectivity index is 2.21. The van der Waals surface area contributed by atoms with Crippen molar-refractivity contribution >= 4 is 11.7 Å². The Kier molecular flexibility index (Phi) is 3.74. The normalized spacial score (nSPS) is 11.0. The van der Waals surface area contributed by atoms with Gasteiger partial charge in [-0.15, -0.1) is 0 Å². The zero-order valence-corrected chi connectivity index (χ0v) is 11.7. The maximum Gasteiger partial charge on any atom is 0.292 e. The number of amides is 1. The molecule has 0 atom stereocenters. The monoisotopic (exact) mass is 261 g/mol. The first-order valence-corrected chi connectivity index (χ1v) is 6.47. The van der Waals surface area contributed by atoms with Gasteiger partial charge < -0.3 is 9.73 Å². The fourth-order valence-corrected chi connectivity index (χ4v) is 2.02. The predicted octanol–water partition coefficient (Wildman–Crippen LogP) is 3.25. The Morgan fingerprint density at radius 1 is 1.53 bits per heavy atom. The summed E-state index contributed by atoms with van der Waals surface area (Å²) in [6.07, 6.45) is 2.39. The van der Waals surface area contributed by atoms with Crippen molar-refractivity contribution in [3.63, 3.8) is 0 Å². The van der Waals surface area contributed by atoms with Crippen LogP contribution >= 0.6 is 0 Å². The van der Waals surface area contributed by atoms with Crippen LogP contribution in [0.5, 0.6) is 0 Å². The van der Waals surface area contributed by atoms with Crippen molar-refractivity contribution in [1.82, 2.24) is 10.2 Å². The molecule has 0 saturated carbocycles. The van der Waals surface area contributed by atoms with E-state index in [0.717, 1.165) is 23.2 Å². The highest BCUT2D eigenvalue weighted by molar-refractivity contribution is 6.03. The number of carbonyl (C=O) groups is 1. The summed E-state index contributed by atoms with van der Waals surface area (Å²) in [6, 6.07) is 1.83. The van der Waals surface area contributed by atoms with Gasteiger partial charge >= 0.3 is 0 Å². The molecule has 2 rings (SSSR count). The van der Waals surface area contributed by atoms with Gasteiger partial charge in [0, 0.05) is 16.8 Å². The number of hydrogen-bond donors (Lipinski definition) is 2. The summed E-state index contributed by atoms with van der Waals surface area (Å²) in [5, 5.41) is 9.82. The Hall–Kier alpha value is -2.04. The molecule has 0 saturated heterocycles. The molecule has 2 heterocycles. The summed E-state index contributed by atoms with van der Waals surface area (Å²) in [5.74, 6) is 0.903. The summed E-state index contributed by atoms with van der Waals surface area (Å²) >= 11 is 0. The molecule has 0 aliphatic rings. The average Bonchev–Trinajstić information content (AvgIpc) is 2.97. The van der Waals surface area contributed by atoms with Gasteiger partial charge in [0.05, 0.1) is 6.26 Å². The average molecular weight is 261 g/mol. The second kappa shape index (κ2) is 5.30. The number of aromatic amines is 1. The molecule has 1 amide bonds. The smallest absolute Gasteiger partial charge is 0.292 e. The Bertz CT molecular complexity index is 581. The minimum absolute atomic E-state index is 0.242. The van der Waals surface area contributed by atoms with Gasteiger partial charge in [0.1, 0.15) is 0 Å². The number of hydrogen-bond acceptors (Lipinski definition) is 3. The summed E-state index contributed by atoms with van der Waals surface area (Å²) in [6.45, 7) is 8.02. The van der Waals surface area contributed by atoms with Gasteiger partial charge in [-0.2, -0.15) is 5.10 Å². The molecule has 5 heteroatoms. The summed E-state index contributed by atoms with van der Waals surface area (Å²) in [7, 11) is 0. The Morgan fingerprint density at radius 3 is 2.84 bits per heavy atom. The molecule has 0 unspecified atom stereocenters. The van der Waals surface area contributed by atoms with Gasteiger partial charge in [-0.25, -0.2) is 0 Å². The van der Waals surface area contributed by atoms with Crippen molar-refractivity contribution in [2.24, 2.45) is 0 Å². The lowest BCUT2D eigenvalue weighted by Gasteiger charge is -2.06. The third kappa shape index (κ3) is 2.54. The Labute approximate surface area is 112 Å². The number of rotatable bonds is 4. The number of nitrogens with zero attached hydrogens (tertiary/aromatic N) is 1. The first-order chi connectivity index (χ1) is 9.04. The van der Waals surface area contributed by atoms with Crippen LogP contribution in [0, 0.1) is 6.92 Å². The number of aryl methyl sites for hydroxylation is 1. The topological polar surface area (TPSA) is 70.9 Å². The third-order valence-corrected chi connectivity index (χ3v) is 3.22. The number of carbonyl (C=O) groups excluding carboxylic acids is 1. The van der Waals surface area contributed by atoms with Crippen LogP contribution in [0.25, 0.3) is 0 Å². The third-order valence-electron chi connectivity index (χ3n) is 3.22. The lowest BCUT2D eigenvalue weighted by Crippen LogP contribution is -2.14. The van der Waals surface area contributed by atoms with E-state index in [2.05, 4.69) is 15.5 Å². The van der Waals surface area contributed by atoms with Crippen LogP contribution in [0.1, 0.15) is 54.1 Å². The second-order valence-electron chi connectivity index (χ2n) is 4.84. The number of nitrogens with one attached hydrogen (secondary N) is 2. The van der Waals surface area contributed by atoms with E-state index in [1.165, 1.54) is 0 Å². The van der Waals surface area contributed by atoms with E-state index in [1.807, 2.05) is 33.8 Å². The lowest BCUT2D eigenvalue weighted by atomic mass is 10.0. The van der Waals surface area contributed by atoms with E-state index in [-0.39, 0.29) is 11.8 Å². The largest absolute Gasteiger partial charge is 0.459 e. The van der Waals surface area contributed by atoms with Crippen LogP contribution in [-0.4, -0.2) is 16.1 Å². The lowest BCUT2D eigenvalue weighted by molar-refractivity contribution is 0.0994. The first-order valence-electron chi connectivity index (χ1n) is 6.47. The molecule has 0 bridgehead atoms. The molecule has 0 aliphatic heterocycles. The van der Waals surface area contributed by atoms with Gasteiger partial charge in [0.15, 0.2) is 11.6 Å². The van der Waals surface area contributed by atoms with Crippen molar-refractivity contribution in [1.29, 1.82) is 0 Å². The fourth-order valence-electron chi connectivity index (χ4n) is 2.02. The summed E-state index contributed by atoms with van der Waals surface area (Å²) < 4.78 is 5.28. The zero-order valence-electron chi connectivity index (χ0n) is 11.7. The number of H-pyrrole nitrogens is 1. The minimum atomic E-state index is -0.258. The van der Waals surface area contributed by atoms with Gasteiger partial charge in [-0.05, 0) is 25.3 Å². The van der Waals surface area contributed by atoms with Crippen LogP contribution < -0.4 is 5.32 Å². The van der Waals surface area contributed by atoms with E-state index < -0.39 is 0 Å². The number of anilines is 1. The van der Waals surface area contributed by atoms with Crippen molar-refractivity contribution < 1.29 is 9.21 Å². The van der Waals surface area contributed by atoms with Crippen LogP contribution in [0.3, 0.4) is 0 Å². The highest BCUT2D eigenvalue weighted by Gasteiger charge is 2.19. The maximum atomic E-state index is 12.2. The molecule has 0 radical (unpaired) electrons. The van der Waals surface area contributed by atoms with Gasteiger partial charge in [-0.3, -0.25) is 9.89 Å². The van der Waals surface area contributed by atoms with Crippen molar-refractivity contribution in [2.45, 2.75) is 40.0 Å². The SMILES string of the molecule is CCc1[nH]nc(NC(=O)c2occc2C(C)C)c1C. The van der Waals surface area contributed by atoms with Gasteiger partial charge in [-0.1, -0.05) is 20.8 Å². The molecule has 0 fully saturated rings. The molecule has 5 nitrogen and oxygen atoms in total. The summed E-state index contributed by atoms with van der Waals surface area (Å²) in [4.78, 5) is 12.2. The van der Waals surface area contributed by atoms with Crippen molar-refractivity contribution in [3.8, 4) is 0 Å². The van der Waals surface area contributed by atoms with Crippen LogP contribution in [0.4, 0.5) is 5.82 Å². The highest BCUT2D eigenvalue weighted by atomic mass is 16.3. The first kappa shape index (κ1) is 13.4. The van der Waals surface area contributed by atoms with E-state index in [1.54, 1.807) is 6.26 Å². The van der Waals surface area contributed by atoms with Gasteiger partial charge in [0.25, 0.3) is 5.91 Å². The molecule has 0 aliphatic carbocycles. The second-order valence-corrected chi connectivity index (χ2v) is 4.84. The molecule has 0 aromatic carbocycles. The molecular formula is C14H19N3O2. The molecule has 2 aromatic heterocycles. The Morgan fingerprint density at radius 2 is 2.26 bits per heavy atom. The molecular weight excluding hydrogens is 242 g/mol. The quantitative estimate of drug-likeness (QED) is 0.887. The number of furan rings is 1. The fraction of sp³-hybridized carbons (Fsp3) is 0.429. The zero-order chi connectivity index (χ0) is 14.0. The van der Waals surface area contributed by atoms with Crippen molar-refractivity contribution in [2.75, 3.05) is 5.32 Å². The van der Waals surface area contributed by atoms with E-state index in [0.29, 0.717) is 11.6 Å². The standard InChI is InChI=1S/C14H19N3O2/c1-5-11-9(4)13(17-16-11)15-14(18)12-10(8(2)3)6-7-19-12/h6-8H,5H2,1-4H3,(H2,15,16,17,18). The molecule has 19 heavy (non-hydrogen) atoms. The molecule has 0 spiro atoms. The van der Waals surface area contributed by atoms with Crippen LogP contribution in [-0.2, 0) is 6.42 Å². The molecule has 2 aromatic rings. The minimum Gasteiger partial charge on any atom is -0.459 e. The van der Waals surface area contributed by atoms with Gasteiger partial charge in [0.2, 0.25) is 0 Å².